The molecule has 2 aromatic carbocycles. The molecule has 0 aliphatic carbocycles. The third-order valence-corrected chi connectivity index (χ3v) is 7.12. The number of amides is 2. The first-order valence-electron chi connectivity index (χ1n) is 12.1. The van der Waals surface area contributed by atoms with Crippen molar-refractivity contribution >= 4 is 28.3 Å². The molecule has 222 valence electrons. The molecule has 0 radical (unpaired) electrons. The molecule has 0 saturated carbocycles. The van der Waals surface area contributed by atoms with Crippen LogP contribution in [0, 0.1) is 13.8 Å². The fraction of sp³-hybridized carbons (Fsp3) is 0.370. The van der Waals surface area contributed by atoms with Crippen LogP contribution in [0.3, 0.4) is 0 Å². The second-order valence-corrected chi connectivity index (χ2v) is 11.7. The molecule has 2 amide bonds. The maximum absolute atomic E-state index is 13.3. The first kappa shape index (κ1) is 31.8. The number of rotatable bonds is 8. The summed E-state index contributed by atoms with van der Waals surface area (Å²) in [6, 6.07) is 8.85. The average Bonchev–Trinajstić information content (AvgIpc) is 3.24. The zero-order valence-electron chi connectivity index (χ0n) is 22.8. The quantitative estimate of drug-likeness (QED) is 0.323. The molecule has 41 heavy (non-hydrogen) atoms. The van der Waals surface area contributed by atoms with E-state index in [1.54, 1.807) is 39.8 Å². The Morgan fingerprint density at radius 1 is 0.927 bits per heavy atom. The molecule has 0 bridgehead atoms. The van der Waals surface area contributed by atoms with Crippen LogP contribution >= 0.6 is 0 Å². The number of hydrogen-bond acceptors (Lipinski definition) is 4. The Balaban J connectivity index is 1.86. The lowest BCUT2D eigenvalue weighted by atomic mass is 9.98. The largest absolute Gasteiger partial charge is 0.435 e. The summed E-state index contributed by atoms with van der Waals surface area (Å²) in [5.41, 5.74) is -2.41. The Kier molecular flexibility index (Phi) is 9.06. The van der Waals surface area contributed by atoms with Crippen molar-refractivity contribution in [2.45, 2.75) is 52.1 Å². The number of benzene rings is 2. The molecule has 0 fully saturated rings. The van der Waals surface area contributed by atoms with E-state index in [4.69, 9.17) is 0 Å². The number of nitrogens with one attached hydrogen (secondary N) is 2. The van der Waals surface area contributed by atoms with E-state index in [1.807, 2.05) is 0 Å². The minimum atomic E-state index is -5.06. The molecule has 0 saturated heterocycles. The molecule has 1 atom stereocenters. The van der Waals surface area contributed by atoms with Gasteiger partial charge in [-0.15, -0.1) is 0 Å². The maximum Gasteiger partial charge on any atom is 0.435 e. The van der Waals surface area contributed by atoms with Crippen molar-refractivity contribution in [3.8, 4) is 0 Å². The third kappa shape index (κ3) is 7.96. The highest BCUT2D eigenvalue weighted by atomic mass is 32.2. The molecule has 0 aliphatic heterocycles. The fourth-order valence-corrected chi connectivity index (χ4v) is 5.39. The van der Waals surface area contributed by atoms with Crippen LogP contribution < -0.4 is 10.6 Å². The number of anilines is 1. The van der Waals surface area contributed by atoms with Gasteiger partial charge in [0.15, 0.2) is 5.69 Å². The summed E-state index contributed by atoms with van der Waals surface area (Å²) in [6.07, 6.45) is -8.59. The Labute approximate surface area is 234 Å². The number of carbonyl (C=O) groups is 2. The fourth-order valence-electron chi connectivity index (χ4n) is 4.30. The Morgan fingerprint density at radius 2 is 1.59 bits per heavy atom. The molecule has 14 heteroatoms. The van der Waals surface area contributed by atoms with E-state index in [2.05, 4.69) is 15.7 Å². The highest BCUT2D eigenvalue weighted by Gasteiger charge is 2.41. The van der Waals surface area contributed by atoms with Gasteiger partial charge >= 0.3 is 12.4 Å². The first-order chi connectivity index (χ1) is 18.8. The summed E-state index contributed by atoms with van der Waals surface area (Å²) in [5.74, 6) is -0.973. The van der Waals surface area contributed by atoms with E-state index >= 15 is 0 Å². The van der Waals surface area contributed by atoms with Crippen LogP contribution in [-0.4, -0.2) is 43.4 Å². The lowest BCUT2D eigenvalue weighted by Gasteiger charge is -2.26. The summed E-state index contributed by atoms with van der Waals surface area (Å²) in [7, 11) is -1.19. The zero-order chi connectivity index (χ0) is 30.9. The maximum atomic E-state index is 13.3. The van der Waals surface area contributed by atoms with E-state index in [0.29, 0.717) is 11.1 Å². The number of nitrogens with zero attached hydrogens (tertiary/aromatic N) is 2. The van der Waals surface area contributed by atoms with Crippen molar-refractivity contribution in [1.82, 2.24) is 15.1 Å². The summed E-state index contributed by atoms with van der Waals surface area (Å²) in [4.78, 5) is 26.4. The molecule has 1 aromatic heterocycles. The van der Waals surface area contributed by atoms with E-state index in [1.165, 1.54) is 30.5 Å². The molecule has 7 nitrogen and oxygen atoms in total. The number of alkyl halides is 6. The van der Waals surface area contributed by atoms with Crippen molar-refractivity contribution in [3.63, 3.8) is 0 Å². The van der Waals surface area contributed by atoms with Crippen molar-refractivity contribution < 1.29 is 40.1 Å². The Morgan fingerprint density at radius 3 is 2.15 bits per heavy atom. The molecule has 3 aromatic rings. The van der Waals surface area contributed by atoms with Crippen LogP contribution in [0.4, 0.5) is 32.0 Å². The van der Waals surface area contributed by atoms with Crippen LogP contribution in [-0.2, 0) is 29.7 Å². The van der Waals surface area contributed by atoms with Gasteiger partial charge in [0, 0.05) is 40.1 Å². The van der Waals surface area contributed by atoms with Gasteiger partial charge in [-0.05, 0) is 56.5 Å². The van der Waals surface area contributed by atoms with E-state index < -0.39 is 58.4 Å². The predicted molar refractivity (Wildman–Crippen MR) is 142 cm³/mol. The molecule has 2 N–H and O–H groups in total. The Hall–Kier alpha value is -3.68. The second kappa shape index (κ2) is 11.7. The van der Waals surface area contributed by atoms with Crippen LogP contribution in [0.1, 0.15) is 62.6 Å². The molecule has 0 aliphatic rings. The summed E-state index contributed by atoms with van der Waals surface area (Å²) in [5, 5.41) is 8.58. The van der Waals surface area contributed by atoms with Gasteiger partial charge in [-0.25, -0.2) is 0 Å². The third-order valence-electron chi connectivity index (χ3n) is 5.99. The normalized spacial score (nSPS) is 13.1. The van der Waals surface area contributed by atoms with Gasteiger partial charge in [0.2, 0.25) is 0 Å². The summed E-state index contributed by atoms with van der Waals surface area (Å²) in [6.45, 7) is 6.04. The minimum Gasteiger partial charge on any atom is -0.346 e. The Bertz CT molecular complexity index is 1500. The molecular weight excluding hydrogens is 574 g/mol. The van der Waals surface area contributed by atoms with Gasteiger partial charge in [0.25, 0.3) is 11.8 Å². The second-order valence-electron chi connectivity index (χ2n) is 10.2. The van der Waals surface area contributed by atoms with Gasteiger partial charge in [-0.1, -0.05) is 24.3 Å². The summed E-state index contributed by atoms with van der Waals surface area (Å²) < 4.78 is 91.0. The van der Waals surface area contributed by atoms with Crippen LogP contribution in [0.5, 0.6) is 0 Å². The highest BCUT2D eigenvalue weighted by Crippen LogP contribution is 2.35. The lowest BCUT2D eigenvalue weighted by molar-refractivity contribution is -0.144. The van der Waals surface area contributed by atoms with Crippen molar-refractivity contribution in [3.05, 3.63) is 81.7 Å². The van der Waals surface area contributed by atoms with Crippen molar-refractivity contribution in [1.29, 1.82) is 0 Å². The molecular formula is C27H28F6N4O3S. The van der Waals surface area contributed by atoms with Gasteiger partial charge in [0.1, 0.15) is 5.69 Å². The van der Waals surface area contributed by atoms with Crippen LogP contribution in [0.2, 0.25) is 0 Å². The zero-order valence-corrected chi connectivity index (χ0v) is 23.6. The van der Waals surface area contributed by atoms with Gasteiger partial charge in [-0.2, -0.15) is 31.4 Å². The first-order valence-corrected chi connectivity index (χ1v) is 13.9. The topological polar surface area (TPSA) is 93.1 Å². The van der Waals surface area contributed by atoms with E-state index in [-0.39, 0.29) is 38.9 Å². The molecule has 0 spiro atoms. The van der Waals surface area contributed by atoms with Crippen LogP contribution in [0.25, 0.3) is 0 Å². The van der Waals surface area contributed by atoms with Gasteiger partial charge < -0.3 is 10.6 Å². The predicted octanol–water partition coefficient (Wildman–Crippen LogP) is 5.73. The van der Waals surface area contributed by atoms with E-state index in [9.17, 15) is 40.1 Å². The minimum absolute atomic E-state index is 0.0418. The SMILES string of the molecule is Cc1cc(Cn2nc(C(F)(F)F)cc2C(F)(F)F)ccc1NC(=O)c1cccc(C)c1C(=O)NC(C)(C)CS(C)=O. The number of aryl methyl sites for hydroxylation is 2. The standard InChI is InChI=1S/C27H28F6N4O3S/c1-15-7-6-8-18(22(15)24(39)35-25(3,4)14-41(5)40)23(38)34-19-10-9-17(11-16(19)2)13-37-21(27(31,32)33)12-20(36-37)26(28,29)30/h6-12H,13-14H2,1-5H3,(H,34,38)(H,35,39). The lowest BCUT2D eigenvalue weighted by Crippen LogP contribution is -2.47. The number of carbonyl (C=O) groups excluding carboxylic acids is 2. The number of aromatic nitrogens is 2. The average molecular weight is 603 g/mol. The van der Waals surface area contributed by atoms with Gasteiger partial charge in [0.05, 0.1) is 17.7 Å². The molecule has 1 heterocycles. The number of halogens is 6. The smallest absolute Gasteiger partial charge is 0.346 e. The molecule has 3 rings (SSSR count). The van der Waals surface area contributed by atoms with Crippen molar-refractivity contribution in [2.24, 2.45) is 0 Å². The number of hydrogen-bond donors (Lipinski definition) is 2. The molecule has 1 unspecified atom stereocenters. The van der Waals surface area contributed by atoms with E-state index in [0.717, 1.165) is 0 Å². The van der Waals surface area contributed by atoms with Crippen molar-refractivity contribution in [2.75, 3.05) is 17.3 Å². The summed E-state index contributed by atoms with van der Waals surface area (Å²) >= 11 is 0. The van der Waals surface area contributed by atoms with Gasteiger partial charge in [-0.3, -0.25) is 18.5 Å². The highest BCUT2D eigenvalue weighted by molar-refractivity contribution is 7.84. The monoisotopic (exact) mass is 602 g/mol. The van der Waals surface area contributed by atoms with Crippen LogP contribution in [0.15, 0.2) is 42.5 Å².